The van der Waals surface area contributed by atoms with Gasteiger partial charge in [0, 0.05) is 6.42 Å². The summed E-state index contributed by atoms with van der Waals surface area (Å²) in [5, 5.41) is 11.8. The van der Waals surface area contributed by atoms with Gasteiger partial charge in [-0.25, -0.2) is 4.68 Å². The van der Waals surface area contributed by atoms with Crippen LogP contribution >= 0.6 is 11.8 Å². The largest absolute Gasteiger partial charge is 0.495 e. The number of fused-ring (bicyclic) bond motifs is 1. The number of ether oxygens (including phenoxy) is 1. The Morgan fingerprint density at radius 3 is 2.60 bits per heavy atom. The van der Waals surface area contributed by atoms with Crippen LogP contribution in [0.5, 0.6) is 5.75 Å². The van der Waals surface area contributed by atoms with Crippen molar-refractivity contribution in [3.8, 4) is 5.75 Å². The average Bonchev–Trinajstić information content (AvgIpc) is 3.20. The number of hydrogen-bond donors (Lipinski definition) is 2. The minimum atomic E-state index is -0.427. The number of nitrogens with one attached hydrogen (secondary N) is 2. The van der Waals surface area contributed by atoms with Gasteiger partial charge in [0.05, 0.1) is 18.8 Å². The van der Waals surface area contributed by atoms with E-state index >= 15 is 0 Å². The summed E-state index contributed by atoms with van der Waals surface area (Å²) in [6.07, 6.45) is 1.72. The van der Waals surface area contributed by atoms with Gasteiger partial charge >= 0.3 is 0 Å². The van der Waals surface area contributed by atoms with Crippen molar-refractivity contribution in [1.82, 2.24) is 14.9 Å². The Morgan fingerprint density at radius 1 is 1.13 bits per heavy atom. The van der Waals surface area contributed by atoms with Gasteiger partial charge < -0.3 is 15.5 Å². The van der Waals surface area contributed by atoms with E-state index in [1.165, 1.54) is 17.3 Å². The van der Waals surface area contributed by atoms with Crippen LogP contribution in [0.2, 0.25) is 0 Å². The summed E-state index contributed by atoms with van der Waals surface area (Å²) in [5.41, 5.74) is 6.42. The van der Waals surface area contributed by atoms with E-state index in [-0.39, 0.29) is 11.9 Å². The summed E-state index contributed by atoms with van der Waals surface area (Å²) in [6.45, 7) is 4.17. The molecular weight excluding hydrogens is 398 g/mol. The third-order valence-electron chi connectivity index (χ3n) is 5.19. The first-order valence-corrected chi connectivity index (χ1v) is 10.9. The molecular formula is C22H25N5O2S. The lowest BCUT2D eigenvalue weighted by Crippen LogP contribution is -2.41. The number of amides is 1. The number of methoxy groups -OCH3 is 1. The van der Waals surface area contributed by atoms with Crippen molar-refractivity contribution in [1.29, 1.82) is 0 Å². The van der Waals surface area contributed by atoms with Crippen LogP contribution in [-0.2, 0) is 17.6 Å². The van der Waals surface area contributed by atoms with Crippen molar-refractivity contribution < 1.29 is 9.53 Å². The number of carbonyl (C=O) groups excluding carboxylic acids is 1. The zero-order chi connectivity index (χ0) is 21.1. The number of nitrogens with zero attached hydrogens (tertiary/aromatic N) is 3. The second kappa shape index (κ2) is 8.79. The van der Waals surface area contributed by atoms with E-state index < -0.39 is 5.25 Å². The first kappa shape index (κ1) is 20.3. The van der Waals surface area contributed by atoms with Gasteiger partial charge in [-0.2, -0.15) is 0 Å². The number of carbonyl (C=O) groups is 1. The number of aromatic nitrogens is 3. The van der Waals surface area contributed by atoms with Gasteiger partial charge in [-0.05, 0) is 29.7 Å². The molecule has 2 heterocycles. The Bertz CT molecular complexity index is 1030. The molecule has 1 aromatic heterocycles. The number of rotatable bonds is 6. The smallest absolute Gasteiger partial charge is 0.240 e. The highest BCUT2D eigenvalue weighted by molar-refractivity contribution is 8.00. The normalized spacial score (nSPS) is 17.7. The molecule has 0 saturated heterocycles. The molecule has 0 radical (unpaired) electrons. The van der Waals surface area contributed by atoms with E-state index in [0.717, 1.165) is 24.2 Å². The van der Waals surface area contributed by atoms with Crippen LogP contribution in [0.4, 0.5) is 5.69 Å². The molecule has 0 fully saturated rings. The second-order valence-corrected chi connectivity index (χ2v) is 8.13. The lowest BCUT2D eigenvalue weighted by Gasteiger charge is -2.33. The van der Waals surface area contributed by atoms with Crippen molar-refractivity contribution in [2.75, 3.05) is 17.9 Å². The molecule has 0 saturated carbocycles. The van der Waals surface area contributed by atoms with Crippen LogP contribution < -0.4 is 15.5 Å². The predicted octanol–water partition coefficient (Wildman–Crippen LogP) is 3.81. The first-order chi connectivity index (χ1) is 14.6. The fourth-order valence-corrected chi connectivity index (χ4v) is 4.59. The quantitative estimate of drug-likeness (QED) is 0.628. The van der Waals surface area contributed by atoms with Gasteiger partial charge in [0.15, 0.2) is 5.82 Å². The fourth-order valence-electron chi connectivity index (χ4n) is 3.49. The zero-order valence-electron chi connectivity index (χ0n) is 17.3. The summed E-state index contributed by atoms with van der Waals surface area (Å²) in [6, 6.07) is 15.6. The highest BCUT2D eigenvalue weighted by atomic mass is 32.2. The number of benzene rings is 2. The Balaban J connectivity index is 1.67. The average molecular weight is 424 g/mol. The summed E-state index contributed by atoms with van der Waals surface area (Å²) < 4.78 is 7.28. The summed E-state index contributed by atoms with van der Waals surface area (Å²) in [7, 11) is 1.59. The van der Waals surface area contributed by atoms with Crippen LogP contribution in [-0.4, -0.2) is 33.1 Å². The third-order valence-corrected chi connectivity index (χ3v) is 6.41. The van der Waals surface area contributed by atoms with Crippen LogP contribution in [0, 0.1) is 0 Å². The second-order valence-electron chi connectivity index (χ2n) is 7.02. The van der Waals surface area contributed by atoms with Crippen LogP contribution in [0.25, 0.3) is 0 Å². The number of aryl methyl sites for hydroxylation is 2. The van der Waals surface area contributed by atoms with E-state index in [1.807, 2.05) is 35.9 Å². The Morgan fingerprint density at radius 2 is 1.90 bits per heavy atom. The minimum Gasteiger partial charge on any atom is -0.495 e. The van der Waals surface area contributed by atoms with Crippen molar-refractivity contribution in [3.63, 3.8) is 0 Å². The van der Waals surface area contributed by atoms with E-state index in [1.54, 1.807) is 7.11 Å². The number of thioether (sulfide) groups is 1. The molecule has 0 aliphatic carbocycles. The van der Waals surface area contributed by atoms with Gasteiger partial charge in [-0.1, -0.05) is 62.0 Å². The lowest BCUT2D eigenvalue weighted by atomic mass is 10.0. The summed E-state index contributed by atoms with van der Waals surface area (Å²) in [5.74, 6) is 1.35. The van der Waals surface area contributed by atoms with Crippen molar-refractivity contribution in [2.24, 2.45) is 0 Å². The number of hydrogen-bond acceptors (Lipinski definition) is 6. The predicted molar refractivity (Wildman–Crippen MR) is 119 cm³/mol. The molecule has 0 spiro atoms. The molecule has 1 amide bonds. The highest BCUT2D eigenvalue weighted by Gasteiger charge is 2.37. The van der Waals surface area contributed by atoms with Gasteiger partial charge in [0.25, 0.3) is 0 Å². The summed E-state index contributed by atoms with van der Waals surface area (Å²) in [4.78, 5) is 13.3. The van der Waals surface area contributed by atoms with Gasteiger partial charge in [-0.3, -0.25) is 4.79 Å². The maximum Gasteiger partial charge on any atom is 0.240 e. The SMILES string of the molecule is CCc1ccc([C@@H]2Nn3c(CC)nnc3S[C@@H]2C(=O)Nc2ccccc2OC)cc1. The fraction of sp³-hybridized carbons (Fsp3) is 0.318. The molecule has 2 aromatic carbocycles. The molecule has 7 nitrogen and oxygen atoms in total. The highest BCUT2D eigenvalue weighted by Crippen LogP contribution is 2.38. The number of anilines is 1. The molecule has 2 N–H and O–H groups in total. The summed E-state index contributed by atoms with van der Waals surface area (Å²) >= 11 is 1.42. The topological polar surface area (TPSA) is 81.1 Å². The molecule has 1 aliphatic rings. The van der Waals surface area contributed by atoms with Gasteiger partial charge in [0.1, 0.15) is 11.0 Å². The molecule has 3 aromatic rings. The maximum absolute atomic E-state index is 13.3. The molecule has 30 heavy (non-hydrogen) atoms. The van der Waals surface area contributed by atoms with Crippen LogP contribution in [0.1, 0.15) is 36.8 Å². The molecule has 0 bridgehead atoms. The number of para-hydroxylation sites is 2. The van der Waals surface area contributed by atoms with Crippen LogP contribution in [0.15, 0.2) is 53.7 Å². The van der Waals surface area contributed by atoms with Crippen molar-refractivity contribution in [2.45, 2.75) is 43.1 Å². The molecule has 4 rings (SSSR count). The third kappa shape index (κ3) is 3.87. The standard InChI is InChI=1S/C22H25N5O2S/c1-4-14-10-12-15(13-11-14)19-20(30-22-25-24-18(5-2)27(22)26-19)21(28)23-16-8-6-7-9-17(16)29-3/h6-13,19-20,26H,4-5H2,1-3H3,(H,23,28)/t19-,20-/m0/s1. The Kier molecular flexibility index (Phi) is 5.94. The molecule has 156 valence electrons. The van der Waals surface area contributed by atoms with E-state index in [2.05, 4.69) is 52.1 Å². The Labute approximate surface area is 180 Å². The maximum atomic E-state index is 13.3. The van der Waals surface area contributed by atoms with E-state index in [4.69, 9.17) is 4.74 Å². The zero-order valence-corrected chi connectivity index (χ0v) is 18.1. The molecule has 2 atom stereocenters. The van der Waals surface area contributed by atoms with Crippen molar-refractivity contribution in [3.05, 3.63) is 65.5 Å². The molecule has 0 unspecified atom stereocenters. The minimum absolute atomic E-state index is 0.117. The first-order valence-electron chi connectivity index (χ1n) is 10.0. The van der Waals surface area contributed by atoms with Crippen molar-refractivity contribution >= 4 is 23.4 Å². The molecule has 1 aliphatic heterocycles. The van der Waals surface area contributed by atoms with Crippen LogP contribution in [0.3, 0.4) is 0 Å². The van der Waals surface area contributed by atoms with E-state index in [9.17, 15) is 4.79 Å². The molecule has 8 heteroatoms. The Hall–Kier alpha value is -3.00. The van der Waals surface area contributed by atoms with E-state index in [0.29, 0.717) is 16.6 Å². The van der Waals surface area contributed by atoms with Gasteiger partial charge in [-0.15, -0.1) is 10.2 Å². The lowest BCUT2D eigenvalue weighted by molar-refractivity contribution is -0.116. The monoisotopic (exact) mass is 423 g/mol. The van der Waals surface area contributed by atoms with Gasteiger partial charge in [0.2, 0.25) is 11.1 Å².